The van der Waals surface area contributed by atoms with Gasteiger partial charge >= 0.3 is 0 Å². The molecule has 6 nitrogen and oxygen atoms in total. The quantitative estimate of drug-likeness (QED) is 0.687. The summed E-state index contributed by atoms with van der Waals surface area (Å²) in [5.74, 6) is 0.300. The van der Waals surface area contributed by atoms with Crippen LogP contribution in [-0.2, 0) is 4.79 Å². The minimum absolute atomic E-state index is 0.00349. The molecular weight excluding hydrogens is 390 g/mol. The fourth-order valence-corrected chi connectivity index (χ4v) is 3.74. The summed E-state index contributed by atoms with van der Waals surface area (Å²) < 4.78 is 5.61. The third-order valence-electron chi connectivity index (χ3n) is 5.26. The summed E-state index contributed by atoms with van der Waals surface area (Å²) in [6.07, 6.45) is 3.96. The van der Waals surface area contributed by atoms with Crippen molar-refractivity contribution in [3.05, 3.63) is 59.0 Å². The van der Waals surface area contributed by atoms with Crippen molar-refractivity contribution in [3.63, 3.8) is 0 Å². The monoisotopic (exact) mass is 417 g/mol. The first-order valence-corrected chi connectivity index (χ1v) is 10.4. The maximum absolute atomic E-state index is 12.9. The second-order valence-corrected chi connectivity index (χ2v) is 8.16. The first-order chi connectivity index (χ1) is 14.0. The Balaban J connectivity index is 1.63. The highest BCUT2D eigenvalue weighted by molar-refractivity contribution is 6.30. The number of furan rings is 1. The number of rotatable bonds is 8. The van der Waals surface area contributed by atoms with Crippen LogP contribution in [0.2, 0.25) is 5.02 Å². The molecule has 1 aromatic heterocycles. The Morgan fingerprint density at radius 2 is 1.83 bits per heavy atom. The molecule has 0 saturated carbocycles. The van der Waals surface area contributed by atoms with Crippen LogP contribution in [0.3, 0.4) is 0 Å². The smallest absolute Gasteiger partial charge is 0.251 e. The van der Waals surface area contributed by atoms with Crippen molar-refractivity contribution in [2.24, 2.45) is 5.92 Å². The zero-order chi connectivity index (χ0) is 20.8. The molecule has 0 radical (unpaired) electrons. The second kappa shape index (κ2) is 9.94. The molecule has 1 aromatic carbocycles. The van der Waals surface area contributed by atoms with E-state index in [1.807, 2.05) is 26.0 Å². The molecule has 1 aliphatic rings. The number of likely N-dealkylation sites (tertiary alicyclic amines) is 1. The molecule has 2 unspecified atom stereocenters. The molecule has 1 saturated heterocycles. The molecule has 3 rings (SSSR count). The van der Waals surface area contributed by atoms with Gasteiger partial charge in [0.15, 0.2) is 0 Å². The Bertz CT molecular complexity index is 799. The van der Waals surface area contributed by atoms with Crippen LogP contribution >= 0.6 is 11.6 Å². The lowest BCUT2D eigenvalue weighted by atomic mass is 10.0. The largest absolute Gasteiger partial charge is 0.468 e. The third kappa shape index (κ3) is 5.61. The number of nitrogens with one attached hydrogen (secondary N) is 2. The number of amides is 2. The van der Waals surface area contributed by atoms with E-state index in [-0.39, 0.29) is 23.8 Å². The normalized spacial score (nSPS) is 16.6. The Morgan fingerprint density at radius 1 is 1.14 bits per heavy atom. The van der Waals surface area contributed by atoms with Gasteiger partial charge in [-0.2, -0.15) is 0 Å². The lowest BCUT2D eigenvalue weighted by molar-refractivity contribution is -0.124. The number of hydrogen-bond donors (Lipinski definition) is 2. The van der Waals surface area contributed by atoms with E-state index < -0.39 is 6.04 Å². The van der Waals surface area contributed by atoms with Crippen LogP contribution in [-0.4, -0.2) is 42.4 Å². The maximum Gasteiger partial charge on any atom is 0.251 e. The molecular formula is C22H28ClN3O3. The molecule has 29 heavy (non-hydrogen) atoms. The van der Waals surface area contributed by atoms with Gasteiger partial charge in [-0.25, -0.2) is 0 Å². The van der Waals surface area contributed by atoms with Gasteiger partial charge in [0.1, 0.15) is 11.8 Å². The van der Waals surface area contributed by atoms with Crippen LogP contribution in [0.5, 0.6) is 0 Å². The van der Waals surface area contributed by atoms with Gasteiger partial charge in [0, 0.05) is 17.1 Å². The summed E-state index contributed by atoms with van der Waals surface area (Å²) in [5, 5.41) is 6.43. The highest BCUT2D eigenvalue weighted by atomic mass is 35.5. The molecule has 2 atom stereocenters. The van der Waals surface area contributed by atoms with Crippen molar-refractivity contribution in [2.45, 2.75) is 38.8 Å². The fraction of sp³-hybridized carbons (Fsp3) is 0.455. The van der Waals surface area contributed by atoms with E-state index in [4.69, 9.17) is 16.0 Å². The Morgan fingerprint density at radius 3 is 2.41 bits per heavy atom. The summed E-state index contributed by atoms with van der Waals surface area (Å²) in [6.45, 7) is 6.24. The molecule has 2 aromatic rings. The Hall–Kier alpha value is -2.31. The summed E-state index contributed by atoms with van der Waals surface area (Å²) in [4.78, 5) is 27.8. The van der Waals surface area contributed by atoms with E-state index in [9.17, 15) is 9.59 Å². The van der Waals surface area contributed by atoms with Gasteiger partial charge in [0.2, 0.25) is 5.91 Å². The molecule has 7 heteroatoms. The molecule has 2 heterocycles. The average Bonchev–Trinajstić information content (AvgIpc) is 3.41. The van der Waals surface area contributed by atoms with Gasteiger partial charge in [0.05, 0.1) is 12.3 Å². The molecule has 2 amide bonds. The maximum atomic E-state index is 12.9. The number of halogens is 1. The topological polar surface area (TPSA) is 74.6 Å². The van der Waals surface area contributed by atoms with E-state index in [0.717, 1.165) is 31.7 Å². The summed E-state index contributed by atoms with van der Waals surface area (Å²) in [5.41, 5.74) is 0.471. The highest BCUT2D eigenvalue weighted by Crippen LogP contribution is 2.25. The second-order valence-electron chi connectivity index (χ2n) is 7.72. The highest BCUT2D eigenvalue weighted by Gasteiger charge is 2.29. The number of nitrogens with zero attached hydrogens (tertiary/aromatic N) is 1. The standard InChI is InChI=1S/C22H28ClN3O3/c1-15(2)20(25-21(27)16-7-9-17(23)10-8-16)22(28)24-14-18(19-6-5-13-29-19)26-11-3-4-12-26/h5-10,13,15,18,20H,3-4,11-12,14H2,1-2H3,(H,24,28)(H,25,27). The third-order valence-corrected chi connectivity index (χ3v) is 5.52. The van der Waals surface area contributed by atoms with Crippen molar-refractivity contribution >= 4 is 23.4 Å². The zero-order valence-corrected chi connectivity index (χ0v) is 17.6. The van der Waals surface area contributed by atoms with Gasteiger partial charge in [-0.1, -0.05) is 25.4 Å². The number of hydrogen-bond acceptors (Lipinski definition) is 4. The van der Waals surface area contributed by atoms with E-state index in [1.165, 1.54) is 0 Å². The van der Waals surface area contributed by atoms with Gasteiger partial charge in [0.25, 0.3) is 5.91 Å². The molecule has 2 N–H and O–H groups in total. The van der Waals surface area contributed by atoms with Crippen LogP contribution in [0.4, 0.5) is 0 Å². The van der Waals surface area contributed by atoms with Crippen LogP contribution in [0.25, 0.3) is 0 Å². The molecule has 0 spiro atoms. The van der Waals surface area contributed by atoms with Crippen LogP contribution in [0.1, 0.15) is 48.8 Å². The SMILES string of the molecule is CC(C)C(NC(=O)c1ccc(Cl)cc1)C(=O)NCC(c1ccco1)N1CCCC1. The van der Waals surface area contributed by atoms with E-state index >= 15 is 0 Å². The molecule has 1 aliphatic heterocycles. The van der Waals surface area contributed by atoms with E-state index in [2.05, 4.69) is 15.5 Å². The van der Waals surface area contributed by atoms with E-state index in [0.29, 0.717) is 17.1 Å². The number of benzene rings is 1. The predicted octanol–water partition coefficient (Wildman–Crippen LogP) is 3.64. The Labute approximate surface area is 176 Å². The van der Waals surface area contributed by atoms with Crippen LogP contribution in [0.15, 0.2) is 47.1 Å². The van der Waals surface area contributed by atoms with Gasteiger partial charge in [-0.15, -0.1) is 0 Å². The number of carbonyl (C=O) groups excluding carboxylic acids is 2. The lowest BCUT2D eigenvalue weighted by Crippen LogP contribution is -2.51. The molecule has 0 aliphatic carbocycles. The minimum atomic E-state index is -0.631. The summed E-state index contributed by atoms with van der Waals surface area (Å²) >= 11 is 5.88. The lowest BCUT2D eigenvalue weighted by Gasteiger charge is -2.28. The first-order valence-electron chi connectivity index (χ1n) is 10.1. The summed E-state index contributed by atoms with van der Waals surface area (Å²) in [7, 11) is 0. The van der Waals surface area contributed by atoms with E-state index in [1.54, 1.807) is 30.5 Å². The Kier molecular flexibility index (Phi) is 7.34. The summed E-state index contributed by atoms with van der Waals surface area (Å²) in [6, 6.07) is 9.78. The van der Waals surface area contributed by atoms with Gasteiger partial charge in [-0.3, -0.25) is 14.5 Å². The van der Waals surface area contributed by atoms with Crippen LogP contribution < -0.4 is 10.6 Å². The van der Waals surface area contributed by atoms with Gasteiger partial charge < -0.3 is 15.1 Å². The average molecular weight is 418 g/mol. The zero-order valence-electron chi connectivity index (χ0n) is 16.9. The predicted molar refractivity (Wildman–Crippen MR) is 113 cm³/mol. The fourth-order valence-electron chi connectivity index (χ4n) is 3.61. The van der Waals surface area contributed by atoms with Crippen molar-refractivity contribution in [3.8, 4) is 0 Å². The minimum Gasteiger partial charge on any atom is -0.468 e. The first kappa shape index (κ1) is 21.4. The van der Waals surface area contributed by atoms with Crippen molar-refractivity contribution < 1.29 is 14.0 Å². The van der Waals surface area contributed by atoms with Crippen LogP contribution in [0, 0.1) is 5.92 Å². The van der Waals surface area contributed by atoms with Crippen molar-refractivity contribution in [2.75, 3.05) is 19.6 Å². The molecule has 0 bridgehead atoms. The van der Waals surface area contributed by atoms with Gasteiger partial charge in [-0.05, 0) is 68.2 Å². The number of carbonyl (C=O) groups is 2. The van der Waals surface area contributed by atoms with Crippen molar-refractivity contribution in [1.29, 1.82) is 0 Å². The molecule has 1 fully saturated rings. The van der Waals surface area contributed by atoms with Crippen molar-refractivity contribution in [1.82, 2.24) is 15.5 Å². The molecule has 156 valence electrons.